The zero-order valence-corrected chi connectivity index (χ0v) is 15.2. The predicted octanol–water partition coefficient (Wildman–Crippen LogP) is 0.388. The lowest BCUT2D eigenvalue weighted by Crippen LogP contribution is -2.59. The molecule has 144 valence electrons. The molecule has 0 radical (unpaired) electrons. The van der Waals surface area contributed by atoms with E-state index in [4.69, 9.17) is 9.39 Å². The van der Waals surface area contributed by atoms with Gasteiger partial charge in [-0.2, -0.15) is 0 Å². The molecule has 3 aliphatic heterocycles. The van der Waals surface area contributed by atoms with E-state index in [1.165, 1.54) is 0 Å². The Morgan fingerprint density at radius 2 is 2.15 bits per heavy atom. The Bertz CT molecular complexity index is 766. The summed E-state index contributed by atoms with van der Waals surface area (Å²) in [6.07, 6.45) is 1.57. The topological polar surface area (TPSA) is 108 Å². The third-order valence-electron chi connectivity index (χ3n) is 5.43. The number of amides is 1. The Morgan fingerprint density at radius 3 is 2.81 bits per heavy atom. The van der Waals surface area contributed by atoms with Gasteiger partial charge in [0, 0.05) is 0 Å². The molecule has 3 N–H and O–H groups in total. The number of hydrogen-bond donors (Lipinski definition) is 3. The van der Waals surface area contributed by atoms with Gasteiger partial charge in [0.1, 0.15) is 23.2 Å². The molecular formula is C18H23BN2O6. The fourth-order valence-corrected chi connectivity index (χ4v) is 3.91. The minimum atomic E-state index is -1.16. The van der Waals surface area contributed by atoms with Gasteiger partial charge in [-0.1, -0.05) is 13.0 Å². The van der Waals surface area contributed by atoms with Crippen LogP contribution in [0.1, 0.15) is 29.3 Å². The van der Waals surface area contributed by atoms with E-state index in [0.717, 1.165) is 18.5 Å². The van der Waals surface area contributed by atoms with Gasteiger partial charge >= 0.3 is 13.1 Å². The summed E-state index contributed by atoms with van der Waals surface area (Å²) in [6, 6.07) is 3.27. The van der Waals surface area contributed by atoms with E-state index in [2.05, 4.69) is 12.2 Å². The second-order valence-corrected chi connectivity index (χ2v) is 7.63. The molecule has 9 heteroatoms. The van der Waals surface area contributed by atoms with Gasteiger partial charge in [-0.15, -0.1) is 0 Å². The largest absolute Gasteiger partial charge is 0.535 e. The molecule has 0 spiro atoms. The van der Waals surface area contributed by atoms with Crippen molar-refractivity contribution in [3.8, 4) is 11.5 Å². The standard InChI is InChI=1S/C18H23BN2O6/c1-10-6-13(20-7-10)17(22)21-8-12(9-21)26-14-3-2-11-4-5-19(25)27-16(11)15(14)18(23)24/h2-3,10,12-13,20,25H,4-9H2,1H3,(H,23,24)/t10-,13-/m0/s1. The molecule has 3 aliphatic rings. The minimum Gasteiger partial charge on any atom is -0.535 e. The minimum absolute atomic E-state index is 0.0673. The number of rotatable bonds is 4. The molecule has 2 atom stereocenters. The number of hydrogen-bond acceptors (Lipinski definition) is 6. The summed E-state index contributed by atoms with van der Waals surface area (Å²) in [7, 11) is -1.01. The van der Waals surface area contributed by atoms with E-state index < -0.39 is 13.1 Å². The molecule has 0 aromatic heterocycles. The average Bonchev–Trinajstić information content (AvgIpc) is 3.02. The smallest absolute Gasteiger partial charge is 0.522 e. The first-order valence-corrected chi connectivity index (χ1v) is 9.35. The number of likely N-dealkylation sites (tertiary alicyclic amines) is 1. The summed E-state index contributed by atoms with van der Waals surface area (Å²) in [5.41, 5.74) is 0.680. The van der Waals surface area contributed by atoms with Crippen molar-refractivity contribution in [1.82, 2.24) is 10.2 Å². The zero-order valence-electron chi connectivity index (χ0n) is 15.2. The first-order valence-electron chi connectivity index (χ1n) is 9.35. The fraction of sp³-hybridized carbons (Fsp3) is 0.556. The third kappa shape index (κ3) is 3.49. The highest BCUT2D eigenvalue weighted by Crippen LogP contribution is 2.37. The van der Waals surface area contributed by atoms with Crippen LogP contribution in [0, 0.1) is 5.92 Å². The van der Waals surface area contributed by atoms with Crippen LogP contribution in [0.15, 0.2) is 12.1 Å². The number of ether oxygens (including phenoxy) is 1. The lowest BCUT2D eigenvalue weighted by Gasteiger charge is -2.40. The second-order valence-electron chi connectivity index (χ2n) is 7.63. The van der Waals surface area contributed by atoms with E-state index in [-0.39, 0.29) is 35.1 Å². The SMILES string of the molecule is C[C@@H]1CN[C@H](C(=O)N2CC(Oc3ccc4c(c3C(=O)O)OB(O)CC4)C2)C1. The summed E-state index contributed by atoms with van der Waals surface area (Å²) < 4.78 is 11.2. The molecule has 1 aromatic carbocycles. The van der Waals surface area contributed by atoms with E-state index >= 15 is 0 Å². The number of fused-ring (bicyclic) bond motifs is 1. The van der Waals surface area contributed by atoms with Crippen LogP contribution in [0.2, 0.25) is 6.32 Å². The molecule has 27 heavy (non-hydrogen) atoms. The number of benzene rings is 1. The number of carboxylic acids is 1. The van der Waals surface area contributed by atoms with Crippen molar-refractivity contribution in [2.75, 3.05) is 19.6 Å². The van der Waals surface area contributed by atoms with E-state index in [1.807, 2.05) is 0 Å². The van der Waals surface area contributed by atoms with Crippen molar-refractivity contribution < 1.29 is 29.1 Å². The lowest BCUT2D eigenvalue weighted by atomic mass is 9.78. The molecule has 0 bridgehead atoms. The second kappa shape index (κ2) is 7.05. The van der Waals surface area contributed by atoms with Crippen molar-refractivity contribution in [2.45, 2.75) is 38.2 Å². The van der Waals surface area contributed by atoms with Crippen LogP contribution in [0.3, 0.4) is 0 Å². The molecule has 1 aromatic rings. The normalized spacial score (nSPS) is 24.8. The average molecular weight is 374 g/mol. The van der Waals surface area contributed by atoms with Gasteiger partial charge in [-0.25, -0.2) is 4.79 Å². The molecule has 3 heterocycles. The number of carboxylic acid groups (broad SMARTS) is 1. The highest BCUT2D eigenvalue weighted by atomic mass is 16.5. The van der Waals surface area contributed by atoms with Crippen molar-refractivity contribution in [3.63, 3.8) is 0 Å². The molecule has 0 saturated carbocycles. The number of aromatic carboxylic acids is 1. The maximum atomic E-state index is 12.4. The lowest BCUT2D eigenvalue weighted by molar-refractivity contribution is -0.142. The number of aryl methyl sites for hydroxylation is 1. The van der Waals surface area contributed by atoms with Gasteiger partial charge in [-0.05, 0) is 43.3 Å². The maximum Gasteiger partial charge on any atom is 0.522 e. The summed E-state index contributed by atoms with van der Waals surface area (Å²) in [5.74, 6) is -0.201. The van der Waals surface area contributed by atoms with E-state index in [1.54, 1.807) is 17.0 Å². The van der Waals surface area contributed by atoms with Crippen LogP contribution in [-0.2, 0) is 11.2 Å². The quantitative estimate of drug-likeness (QED) is 0.655. The molecule has 4 rings (SSSR count). The molecule has 1 amide bonds. The molecule has 2 fully saturated rings. The van der Waals surface area contributed by atoms with Crippen LogP contribution in [0.25, 0.3) is 0 Å². The Balaban J connectivity index is 1.43. The number of nitrogens with one attached hydrogen (secondary N) is 1. The monoisotopic (exact) mass is 374 g/mol. The van der Waals surface area contributed by atoms with Crippen molar-refractivity contribution in [2.24, 2.45) is 5.92 Å². The molecule has 0 unspecified atom stereocenters. The molecule has 8 nitrogen and oxygen atoms in total. The molecule has 0 aliphatic carbocycles. The summed E-state index contributed by atoms with van der Waals surface area (Å²) in [5, 5.41) is 22.5. The van der Waals surface area contributed by atoms with Gasteiger partial charge in [0.25, 0.3) is 0 Å². The van der Waals surface area contributed by atoms with Gasteiger partial charge in [-0.3, -0.25) is 4.79 Å². The Hall–Kier alpha value is -2.26. The van der Waals surface area contributed by atoms with Gasteiger partial charge in [0.15, 0.2) is 0 Å². The fourth-order valence-electron chi connectivity index (χ4n) is 3.91. The Morgan fingerprint density at radius 1 is 1.37 bits per heavy atom. The Labute approximate surface area is 157 Å². The number of carbonyl (C=O) groups is 2. The first-order chi connectivity index (χ1) is 12.9. The van der Waals surface area contributed by atoms with E-state index in [9.17, 15) is 19.7 Å². The molecular weight excluding hydrogens is 351 g/mol. The zero-order chi connectivity index (χ0) is 19.1. The van der Waals surface area contributed by atoms with Crippen LogP contribution < -0.4 is 14.7 Å². The maximum absolute atomic E-state index is 12.4. The van der Waals surface area contributed by atoms with Crippen LogP contribution in [0.5, 0.6) is 11.5 Å². The van der Waals surface area contributed by atoms with Gasteiger partial charge in [0.2, 0.25) is 5.91 Å². The van der Waals surface area contributed by atoms with Crippen LogP contribution >= 0.6 is 0 Å². The van der Waals surface area contributed by atoms with Crippen LogP contribution in [0.4, 0.5) is 0 Å². The molecule has 2 saturated heterocycles. The van der Waals surface area contributed by atoms with Crippen LogP contribution in [-0.4, -0.2) is 65.8 Å². The summed E-state index contributed by atoms with van der Waals surface area (Å²) in [4.78, 5) is 25.9. The number of nitrogens with zero attached hydrogens (tertiary/aromatic N) is 1. The summed E-state index contributed by atoms with van der Waals surface area (Å²) in [6.45, 7) is 3.84. The first kappa shape index (κ1) is 18.1. The highest BCUT2D eigenvalue weighted by molar-refractivity contribution is 6.44. The van der Waals surface area contributed by atoms with E-state index in [0.29, 0.717) is 31.7 Å². The highest BCUT2D eigenvalue weighted by Gasteiger charge is 2.39. The summed E-state index contributed by atoms with van der Waals surface area (Å²) >= 11 is 0. The number of carbonyl (C=O) groups excluding carboxylic acids is 1. The van der Waals surface area contributed by atoms with Crippen molar-refractivity contribution in [3.05, 3.63) is 23.3 Å². The van der Waals surface area contributed by atoms with Gasteiger partial charge in [0.05, 0.1) is 19.1 Å². The Kier molecular flexibility index (Phi) is 4.73. The van der Waals surface area contributed by atoms with Gasteiger partial charge < -0.3 is 29.7 Å². The van der Waals surface area contributed by atoms with Crippen molar-refractivity contribution >= 4 is 19.0 Å². The van der Waals surface area contributed by atoms with Crippen molar-refractivity contribution in [1.29, 1.82) is 0 Å². The predicted molar refractivity (Wildman–Crippen MR) is 97.1 cm³/mol. The third-order valence-corrected chi connectivity index (χ3v) is 5.43.